The highest BCUT2D eigenvalue weighted by atomic mass is 32.1. The molecule has 306 valence electrons. The highest BCUT2D eigenvalue weighted by molar-refractivity contribution is 7.26. The van der Waals surface area contributed by atoms with Crippen LogP contribution in [-0.4, -0.2) is 14.5 Å². The van der Waals surface area contributed by atoms with Crippen molar-refractivity contribution in [1.29, 1.82) is 0 Å². The molecule has 9 aromatic carbocycles. The molecule has 0 amide bonds. The van der Waals surface area contributed by atoms with Gasteiger partial charge in [-0.1, -0.05) is 170 Å². The lowest BCUT2D eigenvalue weighted by molar-refractivity contribution is 0.725. The van der Waals surface area contributed by atoms with Crippen LogP contribution in [-0.2, 0) is 6.42 Å². The van der Waals surface area contributed by atoms with Crippen molar-refractivity contribution in [2.24, 2.45) is 0 Å². The number of hydrogen-bond acceptors (Lipinski definition) is 3. The van der Waals surface area contributed by atoms with Gasteiger partial charge in [0.15, 0.2) is 5.82 Å². The Morgan fingerprint density at radius 1 is 0.431 bits per heavy atom. The van der Waals surface area contributed by atoms with Gasteiger partial charge in [-0.2, -0.15) is 0 Å². The molecule has 0 spiro atoms. The topological polar surface area (TPSA) is 30.7 Å². The van der Waals surface area contributed by atoms with Crippen LogP contribution in [0.4, 0.5) is 0 Å². The predicted octanol–water partition coefficient (Wildman–Crippen LogP) is 16.4. The average molecular weight is 848 g/mol. The quantitative estimate of drug-likeness (QED) is 0.167. The number of benzene rings is 9. The summed E-state index contributed by atoms with van der Waals surface area (Å²) in [6.07, 6.45) is 2.01. The van der Waals surface area contributed by atoms with E-state index in [1.807, 2.05) is 11.3 Å². The van der Waals surface area contributed by atoms with Crippen LogP contribution in [0.5, 0.6) is 0 Å². The molecule has 0 radical (unpaired) electrons. The molecule has 12 aromatic rings. The van der Waals surface area contributed by atoms with Gasteiger partial charge in [-0.25, -0.2) is 9.97 Å². The monoisotopic (exact) mass is 847 g/mol. The third-order valence-corrected chi connectivity index (χ3v) is 14.7. The summed E-state index contributed by atoms with van der Waals surface area (Å²) in [5.41, 5.74) is 17.6. The molecule has 3 heterocycles. The third kappa shape index (κ3) is 6.40. The highest BCUT2D eigenvalue weighted by Crippen LogP contribution is 2.46. The molecule has 0 fully saturated rings. The van der Waals surface area contributed by atoms with Gasteiger partial charge >= 0.3 is 0 Å². The van der Waals surface area contributed by atoms with E-state index >= 15 is 0 Å². The second-order valence-corrected chi connectivity index (χ2v) is 18.3. The number of nitrogens with zero attached hydrogens (tertiary/aromatic N) is 3. The van der Waals surface area contributed by atoms with Gasteiger partial charge in [0, 0.05) is 59.2 Å². The van der Waals surface area contributed by atoms with Crippen LogP contribution in [0.3, 0.4) is 0 Å². The van der Waals surface area contributed by atoms with E-state index in [2.05, 4.69) is 223 Å². The molecule has 1 aliphatic rings. The Kier molecular flexibility index (Phi) is 8.92. The first-order valence-electron chi connectivity index (χ1n) is 22.5. The third-order valence-electron chi connectivity index (χ3n) is 13.4. The molecule has 1 unspecified atom stereocenters. The molecule has 0 saturated carbocycles. The molecule has 0 saturated heterocycles. The molecule has 0 bridgehead atoms. The van der Waals surface area contributed by atoms with Gasteiger partial charge in [0.05, 0.1) is 22.4 Å². The summed E-state index contributed by atoms with van der Waals surface area (Å²) in [5, 5.41) is 4.96. The molecule has 4 heteroatoms. The number of hydrogen-bond donors (Lipinski definition) is 0. The SMILES string of the molecule is c1ccc(-c2cc(-c3ccccc3)nc(-c3cc(-c4cc(C5CCc6ccccc6-c6ccccc65)cc(-n5c6ccccc6c6ccccc65)c4)cc4c3sc3ccccc34)n2)cc1. The van der Waals surface area contributed by atoms with Crippen LogP contribution in [0.2, 0.25) is 0 Å². The van der Waals surface area contributed by atoms with E-state index in [9.17, 15) is 0 Å². The Bertz CT molecular complexity index is 3680. The summed E-state index contributed by atoms with van der Waals surface area (Å²) >= 11 is 1.82. The standard InChI is InChI=1S/C61H41N3S/c1-3-18-40(19-4-1)55-38-56(41-20-5-2-6-21-41)63-61(62-55)54-37-43(36-53-52-27-13-16-30-59(52)65-60(53)54)42-33-44(47-32-31-39-17-7-8-22-46(39)48-23-9-10-24-49(47)48)35-45(34-42)64-57-28-14-11-25-50(57)51-26-12-15-29-58(51)64/h1-30,33-38,47H,31-32H2. The van der Waals surface area contributed by atoms with Gasteiger partial charge < -0.3 is 4.57 Å². The van der Waals surface area contributed by atoms with Crippen LogP contribution in [0, 0.1) is 0 Å². The average Bonchev–Trinajstić information content (AvgIpc) is 3.87. The maximum atomic E-state index is 5.42. The summed E-state index contributed by atoms with van der Waals surface area (Å²) in [4.78, 5) is 10.8. The zero-order valence-electron chi connectivity index (χ0n) is 35.5. The van der Waals surface area contributed by atoms with Crippen molar-refractivity contribution in [3.05, 3.63) is 235 Å². The smallest absolute Gasteiger partial charge is 0.161 e. The molecule has 0 N–H and O–H groups in total. The first kappa shape index (κ1) is 37.6. The maximum Gasteiger partial charge on any atom is 0.161 e. The molecular weight excluding hydrogens is 807 g/mol. The summed E-state index contributed by atoms with van der Waals surface area (Å²) < 4.78 is 4.92. The van der Waals surface area contributed by atoms with Gasteiger partial charge in [-0.05, 0) is 100 Å². The van der Waals surface area contributed by atoms with E-state index in [1.165, 1.54) is 75.4 Å². The number of thiophene rings is 1. The second-order valence-electron chi connectivity index (χ2n) is 17.2. The van der Waals surface area contributed by atoms with Crippen LogP contribution < -0.4 is 0 Å². The Morgan fingerprint density at radius 3 is 1.74 bits per heavy atom. The van der Waals surface area contributed by atoms with E-state index in [0.717, 1.165) is 58.0 Å². The lowest BCUT2D eigenvalue weighted by Gasteiger charge is -2.22. The van der Waals surface area contributed by atoms with Gasteiger partial charge in [-0.3, -0.25) is 0 Å². The molecule has 1 aliphatic carbocycles. The summed E-state index contributed by atoms with van der Waals surface area (Å²) in [6, 6.07) is 79.8. The lowest BCUT2D eigenvalue weighted by atomic mass is 9.84. The Hall–Kier alpha value is -7.92. The summed E-state index contributed by atoms with van der Waals surface area (Å²) in [6.45, 7) is 0. The zero-order valence-corrected chi connectivity index (χ0v) is 36.3. The van der Waals surface area contributed by atoms with Crippen molar-refractivity contribution in [2.45, 2.75) is 18.8 Å². The van der Waals surface area contributed by atoms with Crippen LogP contribution in [0.15, 0.2) is 218 Å². The largest absolute Gasteiger partial charge is 0.309 e. The summed E-state index contributed by atoms with van der Waals surface area (Å²) in [5.74, 6) is 0.896. The number of fused-ring (bicyclic) bond motifs is 9. The first-order valence-corrected chi connectivity index (χ1v) is 23.3. The minimum absolute atomic E-state index is 0.176. The van der Waals surface area contributed by atoms with E-state index in [0.29, 0.717) is 0 Å². The highest BCUT2D eigenvalue weighted by Gasteiger charge is 2.26. The fourth-order valence-corrected chi connectivity index (χ4v) is 11.6. The number of aromatic nitrogens is 3. The Balaban J connectivity index is 1.10. The minimum Gasteiger partial charge on any atom is -0.309 e. The Morgan fingerprint density at radius 2 is 1.02 bits per heavy atom. The van der Waals surface area contributed by atoms with Crippen LogP contribution >= 0.6 is 11.3 Å². The molecule has 3 nitrogen and oxygen atoms in total. The molecular formula is C61H41N3S. The number of para-hydroxylation sites is 2. The minimum atomic E-state index is 0.176. The normalized spacial score (nSPS) is 13.6. The fraction of sp³-hybridized carbons (Fsp3) is 0.0492. The van der Waals surface area contributed by atoms with Crippen molar-refractivity contribution in [3.63, 3.8) is 0 Å². The van der Waals surface area contributed by atoms with Gasteiger partial charge in [0.1, 0.15) is 0 Å². The van der Waals surface area contributed by atoms with E-state index in [1.54, 1.807) is 0 Å². The zero-order chi connectivity index (χ0) is 42.8. The predicted molar refractivity (Wildman–Crippen MR) is 273 cm³/mol. The van der Waals surface area contributed by atoms with Crippen molar-refractivity contribution in [3.8, 4) is 61.8 Å². The van der Waals surface area contributed by atoms with Crippen LogP contribution in [0.1, 0.15) is 29.0 Å². The Labute approximate surface area is 381 Å². The van der Waals surface area contributed by atoms with Crippen molar-refractivity contribution in [2.75, 3.05) is 0 Å². The number of rotatable bonds is 6. The van der Waals surface area contributed by atoms with Crippen molar-refractivity contribution in [1.82, 2.24) is 14.5 Å². The van der Waals surface area contributed by atoms with E-state index < -0.39 is 0 Å². The van der Waals surface area contributed by atoms with Crippen molar-refractivity contribution < 1.29 is 0 Å². The molecule has 1 atom stereocenters. The van der Waals surface area contributed by atoms with E-state index in [4.69, 9.17) is 9.97 Å². The molecule has 13 rings (SSSR count). The fourth-order valence-electron chi connectivity index (χ4n) is 10.4. The van der Waals surface area contributed by atoms with Gasteiger partial charge in [0.2, 0.25) is 0 Å². The number of aryl methyl sites for hydroxylation is 1. The second kappa shape index (κ2) is 15.4. The molecule has 0 aliphatic heterocycles. The van der Waals surface area contributed by atoms with E-state index in [-0.39, 0.29) is 5.92 Å². The maximum absolute atomic E-state index is 5.42. The van der Waals surface area contributed by atoms with Gasteiger partial charge in [-0.15, -0.1) is 11.3 Å². The van der Waals surface area contributed by atoms with Gasteiger partial charge in [0.25, 0.3) is 0 Å². The summed E-state index contributed by atoms with van der Waals surface area (Å²) in [7, 11) is 0. The lowest BCUT2D eigenvalue weighted by Crippen LogP contribution is -2.05. The van der Waals surface area contributed by atoms with Crippen molar-refractivity contribution >= 4 is 53.3 Å². The molecule has 65 heavy (non-hydrogen) atoms. The molecule has 3 aromatic heterocycles. The first-order chi connectivity index (χ1) is 32.2. The van der Waals surface area contributed by atoms with Crippen LogP contribution in [0.25, 0.3) is 104 Å².